The number of piperidine rings is 1. The average Bonchev–Trinajstić information content (AvgIpc) is 3.10. The number of rotatable bonds is 4. The highest BCUT2D eigenvalue weighted by Gasteiger charge is 2.40. The number of ether oxygens (including phenoxy) is 3. The highest BCUT2D eigenvalue weighted by atomic mass is 19.1. The zero-order chi connectivity index (χ0) is 18.1. The van der Waals surface area contributed by atoms with Crippen LogP contribution in [0, 0.1) is 17.3 Å². The maximum atomic E-state index is 13.5. The third kappa shape index (κ3) is 3.45. The summed E-state index contributed by atoms with van der Waals surface area (Å²) in [6.45, 7) is 5.22. The zero-order valence-electron chi connectivity index (χ0n) is 15.4. The molecule has 4 nitrogen and oxygen atoms in total. The molecule has 4 rings (SSSR count). The van der Waals surface area contributed by atoms with Gasteiger partial charge in [0.05, 0.1) is 6.61 Å². The molecule has 1 unspecified atom stereocenters. The van der Waals surface area contributed by atoms with Gasteiger partial charge in [0.25, 0.3) is 0 Å². The molecule has 3 atom stereocenters. The molecule has 140 valence electrons. The molecule has 1 aromatic carbocycles. The Labute approximate surface area is 154 Å². The van der Waals surface area contributed by atoms with Crippen LogP contribution in [0.3, 0.4) is 0 Å². The van der Waals surface area contributed by atoms with Crippen molar-refractivity contribution in [1.29, 1.82) is 0 Å². The number of nitrogens with zero attached hydrogens (tertiary/aromatic N) is 1. The third-order valence-corrected chi connectivity index (χ3v) is 5.95. The van der Waals surface area contributed by atoms with Crippen molar-refractivity contribution in [3.63, 3.8) is 0 Å². The molecular formula is C21H26FNO3. The lowest BCUT2D eigenvalue weighted by atomic mass is 9.64. The number of hydrogen-bond acceptors (Lipinski definition) is 4. The minimum atomic E-state index is -0.122. The number of likely N-dealkylation sites (tertiary alicyclic amines) is 1. The Morgan fingerprint density at radius 3 is 2.96 bits per heavy atom. The molecule has 3 aliphatic rings. The standard InChI is InChI=1S/C21H26FNO3/c1-21(8-5-16(22)6-9-21)18-7-10-23(2)12-15(18)13-24-17-3-4-19-20(11-17)26-14-25-19/h3-6,8,11,15,18H,7,9-10,12-14H2,1-2H3/t15-,18+,21?/m0/s1. The van der Waals surface area contributed by atoms with Gasteiger partial charge in [-0.25, -0.2) is 4.39 Å². The first-order chi connectivity index (χ1) is 12.5. The molecule has 1 aliphatic carbocycles. The zero-order valence-corrected chi connectivity index (χ0v) is 15.4. The number of benzene rings is 1. The second-order valence-corrected chi connectivity index (χ2v) is 7.88. The molecule has 0 bridgehead atoms. The van der Waals surface area contributed by atoms with Gasteiger partial charge in [0.2, 0.25) is 6.79 Å². The summed E-state index contributed by atoms with van der Waals surface area (Å²) in [7, 11) is 2.16. The molecule has 0 saturated carbocycles. The van der Waals surface area contributed by atoms with Gasteiger partial charge in [-0.1, -0.05) is 13.0 Å². The smallest absolute Gasteiger partial charge is 0.231 e. The van der Waals surface area contributed by atoms with Gasteiger partial charge in [-0.2, -0.15) is 0 Å². The van der Waals surface area contributed by atoms with Crippen LogP contribution in [-0.2, 0) is 0 Å². The van der Waals surface area contributed by atoms with E-state index in [0.29, 0.717) is 18.4 Å². The average molecular weight is 359 g/mol. The molecule has 0 spiro atoms. The second-order valence-electron chi connectivity index (χ2n) is 7.88. The first kappa shape index (κ1) is 17.4. The lowest BCUT2D eigenvalue weighted by Gasteiger charge is -2.45. The molecule has 1 aromatic rings. The molecule has 26 heavy (non-hydrogen) atoms. The van der Waals surface area contributed by atoms with Gasteiger partial charge < -0.3 is 19.1 Å². The Kier molecular flexibility index (Phi) is 4.65. The van der Waals surface area contributed by atoms with E-state index in [1.165, 1.54) is 0 Å². The number of hydrogen-bond donors (Lipinski definition) is 0. The van der Waals surface area contributed by atoms with Crippen molar-refractivity contribution in [2.24, 2.45) is 17.3 Å². The fourth-order valence-electron chi connectivity index (χ4n) is 4.42. The highest BCUT2D eigenvalue weighted by Crippen LogP contribution is 2.45. The maximum Gasteiger partial charge on any atom is 0.231 e. The topological polar surface area (TPSA) is 30.9 Å². The molecule has 0 aromatic heterocycles. The van der Waals surface area contributed by atoms with E-state index in [9.17, 15) is 4.39 Å². The van der Waals surface area contributed by atoms with Crippen LogP contribution in [-0.4, -0.2) is 38.4 Å². The summed E-state index contributed by atoms with van der Waals surface area (Å²) in [6, 6.07) is 5.71. The Morgan fingerprint density at radius 1 is 1.31 bits per heavy atom. The predicted octanol–water partition coefficient (Wildman–Crippen LogP) is 4.18. The van der Waals surface area contributed by atoms with E-state index in [4.69, 9.17) is 14.2 Å². The van der Waals surface area contributed by atoms with Crippen LogP contribution in [0.25, 0.3) is 0 Å². The molecule has 1 saturated heterocycles. The van der Waals surface area contributed by atoms with Gasteiger partial charge >= 0.3 is 0 Å². The van der Waals surface area contributed by atoms with E-state index in [1.807, 2.05) is 18.2 Å². The quantitative estimate of drug-likeness (QED) is 0.807. The number of halogens is 1. The lowest BCUT2D eigenvalue weighted by molar-refractivity contribution is 0.0395. The van der Waals surface area contributed by atoms with E-state index >= 15 is 0 Å². The second kappa shape index (κ2) is 6.95. The van der Waals surface area contributed by atoms with Crippen LogP contribution < -0.4 is 14.2 Å². The first-order valence-corrected chi connectivity index (χ1v) is 9.29. The van der Waals surface area contributed by atoms with Crippen LogP contribution in [0.15, 0.2) is 42.3 Å². The Hall–Kier alpha value is -2.01. The van der Waals surface area contributed by atoms with Crippen LogP contribution >= 0.6 is 0 Å². The summed E-state index contributed by atoms with van der Waals surface area (Å²) in [6.07, 6.45) is 7.25. The largest absolute Gasteiger partial charge is 0.493 e. The van der Waals surface area contributed by atoms with Crippen molar-refractivity contribution in [2.45, 2.75) is 19.8 Å². The molecular weight excluding hydrogens is 333 g/mol. The summed E-state index contributed by atoms with van der Waals surface area (Å²) in [4.78, 5) is 2.36. The monoisotopic (exact) mass is 359 g/mol. The summed E-state index contributed by atoms with van der Waals surface area (Å²) < 4.78 is 30.4. The lowest BCUT2D eigenvalue weighted by Crippen LogP contribution is -2.46. The van der Waals surface area contributed by atoms with Gasteiger partial charge in [0.15, 0.2) is 11.5 Å². The van der Waals surface area contributed by atoms with Crippen LogP contribution in [0.5, 0.6) is 17.2 Å². The Bertz CT molecular complexity index is 732. The minimum Gasteiger partial charge on any atom is -0.493 e. The molecule has 0 radical (unpaired) electrons. The predicted molar refractivity (Wildman–Crippen MR) is 98.2 cm³/mol. The van der Waals surface area contributed by atoms with E-state index in [2.05, 4.69) is 24.9 Å². The third-order valence-electron chi connectivity index (χ3n) is 5.95. The fraction of sp³-hybridized carbons (Fsp3) is 0.524. The van der Waals surface area contributed by atoms with E-state index in [-0.39, 0.29) is 18.0 Å². The van der Waals surface area contributed by atoms with Gasteiger partial charge in [0, 0.05) is 18.5 Å². The normalized spacial score (nSPS) is 31.0. The number of fused-ring (bicyclic) bond motifs is 1. The molecule has 2 aliphatic heterocycles. The van der Waals surface area contributed by atoms with Crippen molar-refractivity contribution < 1.29 is 18.6 Å². The molecule has 1 fully saturated rings. The van der Waals surface area contributed by atoms with E-state index in [0.717, 1.165) is 43.2 Å². The highest BCUT2D eigenvalue weighted by molar-refractivity contribution is 5.46. The first-order valence-electron chi connectivity index (χ1n) is 9.29. The summed E-state index contributed by atoms with van der Waals surface area (Å²) >= 11 is 0. The van der Waals surface area contributed by atoms with Crippen LogP contribution in [0.1, 0.15) is 19.8 Å². The van der Waals surface area contributed by atoms with Crippen molar-refractivity contribution >= 4 is 0 Å². The van der Waals surface area contributed by atoms with Gasteiger partial charge in [-0.05, 0) is 62.1 Å². The Morgan fingerprint density at radius 2 is 2.15 bits per heavy atom. The SMILES string of the molecule is CN1CC[C@@H](C2(C)C=CC(F)=CC2)[C@H](COc2ccc3c(c2)OCO3)C1. The summed E-state index contributed by atoms with van der Waals surface area (Å²) in [5.41, 5.74) is -0.0141. The van der Waals surface area contributed by atoms with Crippen molar-refractivity contribution in [3.8, 4) is 17.2 Å². The molecule has 2 heterocycles. The van der Waals surface area contributed by atoms with Gasteiger partial charge in [-0.3, -0.25) is 0 Å². The van der Waals surface area contributed by atoms with Crippen molar-refractivity contribution in [3.05, 3.63) is 42.3 Å². The van der Waals surface area contributed by atoms with E-state index < -0.39 is 0 Å². The minimum absolute atomic E-state index is 0.0141. The molecule has 0 N–H and O–H groups in total. The fourth-order valence-corrected chi connectivity index (χ4v) is 4.42. The van der Waals surface area contributed by atoms with E-state index in [1.54, 1.807) is 12.2 Å². The summed E-state index contributed by atoms with van der Waals surface area (Å²) in [5.74, 6) is 3.04. The number of allylic oxidation sites excluding steroid dienone is 4. The van der Waals surface area contributed by atoms with Crippen LogP contribution in [0.4, 0.5) is 4.39 Å². The van der Waals surface area contributed by atoms with Gasteiger partial charge in [0.1, 0.15) is 11.6 Å². The van der Waals surface area contributed by atoms with Gasteiger partial charge in [-0.15, -0.1) is 0 Å². The van der Waals surface area contributed by atoms with Crippen molar-refractivity contribution in [2.75, 3.05) is 33.5 Å². The Balaban J connectivity index is 1.46. The maximum absolute atomic E-state index is 13.5. The van der Waals surface area contributed by atoms with Crippen LogP contribution in [0.2, 0.25) is 0 Å². The van der Waals surface area contributed by atoms with Crippen molar-refractivity contribution in [1.82, 2.24) is 4.90 Å². The molecule has 5 heteroatoms. The molecule has 0 amide bonds. The summed E-state index contributed by atoms with van der Waals surface area (Å²) in [5, 5.41) is 0.